The van der Waals surface area contributed by atoms with Crippen LogP contribution in [0.2, 0.25) is 5.02 Å². The first-order valence-corrected chi connectivity index (χ1v) is 9.49. The number of pyridine rings is 1. The molecule has 0 aliphatic heterocycles. The topological polar surface area (TPSA) is 100.0 Å². The minimum atomic E-state index is -0.537. The van der Waals surface area contributed by atoms with Crippen LogP contribution in [0, 0.1) is 18.3 Å². The molecule has 3 rings (SSSR count). The SMILES string of the molecule is COc1ccc(Cl)cc1N=Nc1c(C)c(C#N)c(O)n(CCc2ccccc2)c1=O. The zero-order valence-electron chi connectivity index (χ0n) is 16.5. The molecule has 1 N–H and O–H groups in total. The highest BCUT2D eigenvalue weighted by atomic mass is 35.5. The van der Waals surface area contributed by atoms with Crippen molar-refractivity contribution in [2.24, 2.45) is 10.2 Å². The zero-order valence-corrected chi connectivity index (χ0v) is 17.2. The van der Waals surface area contributed by atoms with Crippen molar-refractivity contribution in [1.82, 2.24) is 4.57 Å². The van der Waals surface area contributed by atoms with Crippen LogP contribution in [-0.4, -0.2) is 16.8 Å². The number of aryl methyl sites for hydroxylation is 1. The zero-order chi connectivity index (χ0) is 21.7. The molecular weight excluding hydrogens is 404 g/mol. The molecule has 0 amide bonds. The standard InChI is InChI=1S/C22H19ClN4O3/c1-14-17(13-24)21(28)27(11-10-15-6-4-3-5-7-15)22(29)20(14)26-25-18-12-16(23)8-9-19(18)30-2/h3-9,12,28H,10-11H2,1-2H3. The van der Waals surface area contributed by atoms with Gasteiger partial charge in [-0.1, -0.05) is 41.9 Å². The molecule has 0 saturated heterocycles. The summed E-state index contributed by atoms with van der Waals surface area (Å²) in [4.78, 5) is 13.0. The molecule has 30 heavy (non-hydrogen) atoms. The third-order valence-corrected chi connectivity index (χ3v) is 4.87. The van der Waals surface area contributed by atoms with Crippen LogP contribution in [-0.2, 0) is 13.0 Å². The Hall–Kier alpha value is -3.63. The van der Waals surface area contributed by atoms with E-state index in [-0.39, 0.29) is 29.2 Å². The smallest absolute Gasteiger partial charge is 0.281 e. The normalized spacial score (nSPS) is 10.9. The number of azo groups is 1. The molecule has 0 fully saturated rings. The summed E-state index contributed by atoms with van der Waals surface area (Å²) in [5.74, 6) is 0.0553. The quantitative estimate of drug-likeness (QED) is 0.561. The molecular formula is C22H19ClN4O3. The Morgan fingerprint density at radius 2 is 1.93 bits per heavy atom. The molecule has 0 aliphatic rings. The Morgan fingerprint density at radius 3 is 2.60 bits per heavy atom. The van der Waals surface area contributed by atoms with Gasteiger partial charge in [0.2, 0.25) is 5.88 Å². The number of methoxy groups -OCH3 is 1. The fourth-order valence-corrected chi connectivity index (χ4v) is 3.16. The summed E-state index contributed by atoms with van der Waals surface area (Å²) >= 11 is 6.01. The largest absolute Gasteiger partial charge is 0.494 e. The number of nitriles is 1. The summed E-state index contributed by atoms with van der Waals surface area (Å²) in [5, 5.41) is 28.6. The van der Waals surface area contributed by atoms with Crippen LogP contribution in [0.15, 0.2) is 63.6 Å². The highest BCUT2D eigenvalue weighted by molar-refractivity contribution is 6.30. The van der Waals surface area contributed by atoms with Gasteiger partial charge >= 0.3 is 0 Å². The molecule has 0 unspecified atom stereocenters. The van der Waals surface area contributed by atoms with Crippen LogP contribution in [0.4, 0.5) is 11.4 Å². The minimum absolute atomic E-state index is 0.0188. The fraction of sp³-hybridized carbons (Fsp3) is 0.182. The van der Waals surface area contributed by atoms with Crippen LogP contribution in [0.3, 0.4) is 0 Å². The first-order valence-electron chi connectivity index (χ1n) is 9.12. The van der Waals surface area contributed by atoms with Crippen LogP contribution in [0.1, 0.15) is 16.7 Å². The van der Waals surface area contributed by atoms with Gasteiger partial charge in [0.25, 0.3) is 5.56 Å². The van der Waals surface area contributed by atoms with Gasteiger partial charge in [0, 0.05) is 17.1 Å². The first kappa shape index (κ1) is 21.1. The van der Waals surface area contributed by atoms with Gasteiger partial charge in [-0.05, 0) is 37.1 Å². The van der Waals surface area contributed by atoms with Crippen molar-refractivity contribution in [2.75, 3.05) is 7.11 Å². The number of hydrogen-bond acceptors (Lipinski definition) is 6. The van der Waals surface area contributed by atoms with E-state index in [1.807, 2.05) is 36.4 Å². The molecule has 0 radical (unpaired) electrons. The Labute approximate surface area is 178 Å². The van der Waals surface area contributed by atoms with Crippen molar-refractivity contribution in [1.29, 1.82) is 5.26 Å². The average Bonchev–Trinajstić information content (AvgIpc) is 2.74. The Kier molecular flexibility index (Phi) is 6.50. The van der Waals surface area contributed by atoms with E-state index in [0.717, 1.165) is 10.1 Å². The average molecular weight is 423 g/mol. The Morgan fingerprint density at radius 1 is 1.20 bits per heavy atom. The lowest BCUT2D eigenvalue weighted by molar-refractivity contribution is 0.404. The molecule has 3 aromatic rings. The predicted octanol–water partition coefficient (Wildman–Crippen LogP) is 5.05. The summed E-state index contributed by atoms with van der Waals surface area (Å²) in [7, 11) is 1.48. The molecule has 8 heteroatoms. The van der Waals surface area contributed by atoms with E-state index >= 15 is 0 Å². The minimum Gasteiger partial charge on any atom is -0.494 e. The number of hydrogen-bond donors (Lipinski definition) is 1. The van der Waals surface area contributed by atoms with Gasteiger partial charge in [0.15, 0.2) is 5.69 Å². The van der Waals surface area contributed by atoms with Gasteiger partial charge < -0.3 is 9.84 Å². The molecule has 152 valence electrons. The second-order valence-corrected chi connectivity index (χ2v) is 6.93. The molecule has 0 atom stereocenters. The van der Waals surface area contributed by atoms with E-state index < -0.39 is 5.56 Å². The summed E-state index contributed by atoms with van der Waals surface area (Å²) in [6.45, 7) is 1.73. The Balaban J connectivity index is 2.05. The molecule has 2 aromatic carbocycles. The Bertz CT molecular complexity index is 1200. The van der Waals surface area contributed by atoms with Crippen LogP contribution < -0.4 is 10.3 Å². The van der Waals surface area contributed by atoms with Crippen LogP contribution in [0.25, 0.3) is 0 Å². The maximum Gasteiger partial charge on any atom is 0.281 e. The maximum absolute atomic E-state index is 13.0. The first-order chi connectivity index (χ1) is 14.5. The van der Waals surface area contributed by atoms with Gasteiger partial charge in [-0.15, -0.1) is 10.2 Å². The number of rotatable bonds is 6. The second-order valence-electron chi connectivity index (χ2n) is 6.49. The number of halogens is 1. The monoisotopic (exact) mass is 422 g/mol. The molecule has 0 aliphatic carbocycles. The number of aromatic nitrogens is 1. The highest BCUT2D eigenvalue weighted by Gasteiger charge is 2.19. The third kappa shape index (κ3) is 4.34. The fourth-order valence-electron chi connectivity index (χ4n) is 3.00. The van der Waals surface area contributed by atoms with E-state index in [1.165, 1.54) is 7.11 Å². The number of aromatic hydroxyl groups is 1. The summed E-state index contributed by atoms with van der Waals surface area (Å²) < 4.78 is 6.38. The van der Waals surface area contributed by atoms with Crippen molar-refractivity contribution < 1.29 is 9.84 Å². The lowest BCUT2D eigenvalue weighted by Crippen LogP contribution is -2.22. The predicted molar refractivity (Wildman–Crippen MR) is 114 cm³/mol. The van der Waals surface area contributed by atoms with Crippen molar-refractivity contribution in [3.05, 3.63) is 80.6 Å². The van der Waals surface area contributed by atoms with Crippen LogP contribution >= 0.6 is 11.6 Å². The third-order valence-electron chi connectivity index (χ3n) is 4.63. The van der Waals surface area contributed by atoms with E-state index in [0.29, 0.717) is 22.9 Å². The van der Waals surface area contributed by atoms with Gasteiger partial charge in [0.05, 0.1) is 7.11 Å². The van der Waals surface area contributed by atoms with Gasteiger partial charge in [-0.25, -0.2) is 0 Å². The molecule has 7 nitrogen and oxygen atoms in total. The van der Waals surface area contributed by atoms with Crippen molar-refractivity contribution in [3.63, 3.8) is 0 Å². The highest BCUT2D eigenvalue weighted by Crippen LogP contribution is 2.33. The lowest BCUT2D eigenvalue weighted by atomic mass is 10.1. The number of nitrogens with zero attached hydrogens (tertiary/aromatic N) is 4. The lowest BCUT2D eigenvalue weighted by Gasteiger charge is -2.13. The summed E-state index contributed by atoms with van der Waals surface area (Å²) in [6, 6.07) is 16.3. The van der Waals surface area contributed by atoms with E-state index in [1.54, 1.807) is 25.1 Å². The van der Waals surface area contributed by atoms with Crippen molar-refractivity contribution in [2.45, 2.75) is 19.9 Å². The number of ether oxygens (including phenoxy) is 1. The molecule has 1 heterocycles. The summed E-state index contributed by atoms with van der Waals surface area (Å²) in [5.41, 5.74) is 1.00. The van der Waals surface area contributed by atoms with Crippen molar-refractivity contribution >= 4 is 23.0 Å². The number of benzene rings is 2. The summed E-state index contributed by atoms with van der Waals surface area (Å²) in [6.07, 6.45) is 0.501. The van der Waals surface area contributed by atoms with Gasteiger partial charge in [-0.3, -0.25) is 9.36 Å². The van der Waals surface area contributed by atoms with Crippen LogP contribution in [0.5, 0.6) is 11.6 Å². The van der Waals surface area contributed by atoms with E-state index in [2.05, 4.69) is 10.2 Å². The van der Waals surface area contributed by atoms with Gasteiger partial charge in [0.1, 0.15) is 23.1 Å². The van der Waals surface area contributed by atoms with Crippen molar-refractivity contribution in [3.8, 4) is 17.7 Å². The van der Waals surface area contributed by atoms with Gasteiger partial charge in [-0.2, -0.15) is 5.26 Å². The molecule has 0 saturated carbocycles. The molecule has 1 aromatic heterocycles. The maximum atomic E-state index is 13.0. The second kappa shape index (κ2) is 9.25. The molecule has 0 spiro atoms. The van der Waals surface area contributed by atoms with E-state index in [4.69, 9.17) is 16.3 Å². The van der Waals surface area contributed by atoms with E-state index in [9.17, 15) is 15.2 Å². The molecule has 0 bridgehead atoms.